The molecule has 0 radical (unpaired) electrons. The molecule has 0 amide bonds. The van der Waals surface area contributed by atoms with E-state index in [1.165, 1.54) is 0 Å². The number of carboxylic acid groups (broad SMARTS) is 1. The topological polar surface area (TPSA) is 54.4 Å². The van der Waals surface area contributed by atoms with Gasteiger partial charge in [-0.05, 0) is 30.7 Å². The molecular weight excluding hydrogens is 279 g/mol. The van der Waals surface area contributed by atoms with E-state index in [1.807, 2.05) is 31.2 Å². The lowest BCUT2D eigenvalue weighted by atomic mass is 10.2. The molecule has 0 aliphatic rings. The summed E-state index contributed by atoms with van der Waals surface area (Å²) in [6, 6.07) is 10.7. The molecule has 2 rings (SSSR count). The Balaban J connectivity index is 2.34. The molecule has 20 heavy (non-hydrogen) atoms. The summed E-state index contributed by atoms with van der Waals surface area (Å²) >= 11 is 0. The van der Waals surface area contributed by atoms with Crippen molar-refractivity contribution in [2.45, 2.75) is 17.6 Å². The molecule has 2 aromatic carbocycles. The van der Waals surface area contributed by atoms with Crippen molar-refractivity contribution >= 4 is 16.8 Å². The van der Waals surface area contributed by atoms with Gasteiger partial charge in [0.05, 0.1) is 27.0 Å². The predicted molar refractivity (Wildman–Crippen MR) is 74.7 cm³/mol. The molecule has 1 N–H and O–H groups in total. The lowest BCUT2D eigenvalue weighted by Crippen LogP contribution is -2.06. The highest BCUT2D eigenvalue weighted by molar-refractivity contribution is 7.84. The van der Waals surface area contributed by atoms with Gasteiger partial charge in [-0.15, -0.1) is 0 Å². The zero-order chi connectivity index (χ0) is 14.7. The average Bonchev–Trinajstić information content (AvgIpc) is 2.38. The van der Waals surface area contributed by atoms with E-state index in [0.29, 0.717) is 0 Å². The standard InChI is InChI=1S/C15H13FO3S/c1-10-3-2-4-11(7-10)9-20(19)14-8-12(16)5-6-13(14)15(17)18/h2-8H,9H2,1H3,(H,17,18)/t20-/m0/s1. The summed E-state index contributed by atoms with van der Waals surface area (Å²) in [6.45, 7) is 1.91. The Morgan fingerprint density at radius 1 is 1.25 bits per heavy atom. The van der Waals surface area contributed by atoms with Crippen LogP contribution in [-0.4, -0.2) is 15.3 Å². The van der Waals surface area contributed by atoms with Gasteiger partial charge in [-0.25, -0.2) is 9.18 Å². The van der Waals surface area contributed by atoms with E-state index in [0.717, 1.165) is 29.3 Å². The van der Waals surface area contributed by atoms with Crippen LogP contribution in [0.5, 0.6) is 0 Å². The van der Waals surface area contributed by atoms with Gasteiger partial charge in [-0.2, -0.15) is 0 Å². The van der Waals surface area contributed by atoms with Crippen molar-refractivity contribution in [3.05, 3.63) is 65.0 Å². The Morgan fingerprint density at radius 3 is 2.65 bits per heavy atom. The fourth-order valence-corrected chi connectivity index (χ4v) is 3.17. The Hall–Kier alpha value is -2.01. The van der Waals surface area contributed by atoms with E-state index in [1.54, 1.807) is 0 Å². The fourth-order valence-electron chi connectivity index (χ4n) is 1.89. The highest BCUT2D eigenvalue weighted by atomic mass is 32.2. The van der Waals surface area contributed by atoms with Gasteiger partial charge in [-0.1, -0.05) is 29.8 Å². The van der Waals surface area contributed by atoms with Crippen LogP contribution in [0.3, 0.4) is 0 Å². The fraction of sp³-hybridized carbons (Fsp3) is 0.133. The molecular formula is C15H13FO3S. The van der Waals surface area contributed by atoms with Gasteiger partial charge in [0, 0.05) is 0 Å². The van der Waals surface area contributed by atoms with Crippen LogP contribution in [0.25, 0.3) is 0 Å². The van der Waals surface area contributed by atoms with E-state index in [4.69, 9.17) is 5.11 Å². The number of aryl methyl sites for hydroxylation is 1. The second kappa shape index (κ2) is 5.96. The molecule has 0 aromatic heterocycles. The van der Waals surface area contributed by atoms with Crippen LogP contribution < -0.4 is 0 Å². The summed E-state index contributed by atoms with van der Waals surface area (Å²) in [6.07, 6.45) is 0. The summed E-state index contributed by atoms with van der Waals surface area (Å²) in [5, 5.41) is 9.06. The van der Waals surface area contributed by atoms with Crippen molar-refractivity contribution in [2.75, 3.05) is 0 Å². The molecule has 104 valence electrons. The average molecular weight is 292 g/mol. The highest BCUT2D eigenvalue weighted by Gasteiger charge is 2.16. The number of halogens is 1. The van der Waals surface area contributed by atoms with Crippen molar-refractivity contribution in [2.24, 2.45) is 0 Å². The number of aromatic carboxylic acids is 1. The summed E-state index contributed by atoms with van der Waals surface area (Å²) in [5.41, 5.74) is 1.72. The molecule has 0 aliphatic heterocycles. The number of hydrogen-bond donors (Lipinski definition) is 1. The molecule has 0 unspecified atom stereocenters. The van der Waals surface area contributed by atoms with Gasteiger partial charge in [0.1, 0.15) is 5.82 Å². The molecule has 3 nitrogen and oxygen atoms in total. The maximum atomic E-state index is 13.2. The number of carboxylic acids is 1. The van der Waals surface area contributed by atoms with Crippen LogP contribution in [-0.2, 0) is 16.6 Å². The predicted octanol–water partition coefficient (Wildman–Crippen LogP) is 3.14. The Kier molecular flexibility index (Phi) is 4.29. The zero-order valence-corrected chi connectivity index (χ0v) is 11.6. The van der Waals surface area contributed by atoms with Crippen molar-refractivity contribution in [1.29, 1.82) is 0 Å². The van der Waals surface area contributed by atoms with E-state index in [-0.39, 0.29) is 16.2 Å². The Morgan fingerprint density at radius 2 is 2.00 bits per heavy atom. The largest absolute Gasteiger partial charge is 0.478 e. The lowest BCUT2D eigenvalue weighted by molar-refractivity contribution is 0.0693. The van der Waals surface area contributed by atoms with Gasteiger partial charge in [-0.3, -0.25) is 4.21 Å². The van der Waals surface area contributed by atoms with E-state index < -0.39 is 22.6 Å². The number of carbonyl (C=O) groups is 1. The molecule has 0 fully saturated rings. The van der Waals surface area contributed by atoms with E-state index in [2.05, 4.69) is 0 Å². The van der Waals surface area contributed by atoms with Gasteiger partial charge >= 0.3 is 5.97 Å². The summed E-state index contributed by atoms with van der Waals surface area (Å²) in [4.78, 5) is 11.1. The van der Waals surface area contributed by atoms with Crippen molar-refractivity contribution in [1.82, 2.24) is 0 Å². The summed E-state index contributed by atoms with van der Waals surface area (Å²) in [5.74, 6) is -1.65. The smallest absolute Gasteiger partial charge is 0.336 e. The quantitative estimate of drug-likeness (QED) is 0.942. The van der Waals surface area contributed by atoms with Crippen LogP contribution in [0.15, 0.2) is 47.4 Å². The Bertz CT molecular complexity index is 683. The molecule has 0 spiro atoms. The number of rotatable bonds is 4. The molecule has 1 atom stereocenters. The minimum atomic E-state index is -1.61. The van der Waals surface area contributed by atoms with Gasteiger partial charge in [0.25, 0.3) is 0 Å². The van der Waals surface area contributed by atoms with Crippen LogP contribution >= 0.6 is 0 Å². The number of benzene rings is 2. The normalized spacial score (nSPS) is 12.1. The number of hydrogen-bond acceptors (Lipinski definition) is 2. The molecule has 0 bridgehead atoms. The third-order valence-corrected chi connectivity index (χ3v) is 4.22. The molecule has 0 saturated heterocycles. The maximum absolute atomic E-state index is 13.2. The minimum Gasteiger partial charge on any atom is -0.478 e. The second-order valence-electron chi connectivity index (χ2n) is 4.42. The SMILES string of the molecule is Cc1cccc(C[S@](=O)c2cc(F)ccc2C(=O)O)c1. The third-order valence-electron chi connectivity index (χ3n) is 2.80. The van der Waals surface area contributed by atoms with Crippen LogP contribution in [0, 0.1) is 12.7 Å². The molecule has 0 saturated carbocycles. The van der Waals surface area contributed by atoms with Gasteiger partial charge in [0.2, 0.25) is 0 Å². The minimum absolute atomic E-state index is 0.0130. The summed E-state index contributed by atoms with van der Waals surface area (Å²) < 4.78 is 25.5. The van der Waals surface area contributed by atoms with Crippen LogP contribution in [0.1, 0.15) is 21.5 Å². The zero-order valence-electron chi connectivity index (χ0n) is 10.8. The molecule has 2 aromatic rings. The molecule has 0 aliphatic carbocycles. The van der Waals surface area contributed by atoms with Crippen molar-refractivity contribution < 1.29 is 18.5 Å². The van der Waals surface area contributed by atoms with Gasteiger partial charge < -0.3 is 5.11 Å². The first-order valence-corrected chi connectivity index (χ1v) is 7.26. The lowest BCUT2D eigenvalue weighted by Gasteiger charge is -2.07. The van der Waals surface area contributed by atoms with E-state index >= 15 is 0 Å². The molecule has 0 heterocycles. The first-order chi connectivity index (χ1) is 9.47. The summed E-state index contributed by atoms with van der Waals surface area (Å²) in [7, 11) is -1.61. The highest BCUT2D eigenvalue weighted by Crippen LogP contribution is 2.19. The second-order valence-corrected chi connectivity index (χ2v) is 5.84. The first-order valence-electron chi connectivity index (χ1n) is 5.94. The van der Waals surface area contributed by atoms with E-state index in [9.17, 15) is 13.4 Å². The van der Waals surface area contributed by atoms with Crippen molar-refractivity contribution in [3.63, 3.8) is 0 Å². The van der Waals surface area contributed by atoms with Crippen LogP contribution in [0.4, 0.5) is 4.39 Å². The molecule has 5 heteroatoms. The Labute approximate surface area is 118 Å². The van der Waals surface area contributed by atoms with Crippen LogP contribution in [0.2, 0.25) is 0 Å². The maximum Gasteiger partial charge on any atom is 0.336 e. The monoisotopic (exact) mass is 292 g/mol. The van der Waals surface area contributed by atoms with Gasteiger partial charge in [0.15, 0.2) is 0 Å². The third kappa shape index (κ3) is 3.30. The van der Waals surface area contributed by atoms with Crippen molar-refractivity contribution in [3.8, 4) is 0 Å². The first kappa shape index (κ1) is 14.4.